The van der Waals surface area contributed by atoms with Gasteiger partial charge >= 0.3 is 0 Å². The van der Waals surface area contributed by atoms with Crippen LogP contribution in [0.3, 0.4) is 0 Å². The lowest BCUT2D eigenvalue weighted by Gasteiger charge is -2.29. The number of nitro benzene ring substituents is 1. The Morgan fingerprint density at radius 1 is 1.40 bits per heavy atom. The smallest absolute Gasteiger partial charge is 0.292 e. The molecule has 0 aliphatic carbocycles. The molecule has 8 heteroatoms. The summed E-state index contributed by atoms with van der Waals surface area (Å²) in [5.74, 6) is 0. The van der Waals surface area contributed by atoms with E-state index in [0.717, 1.165) is 18.8 Å². The van der Waals surface area contributed by atoms with Crippen molar-refractivity contribution < 1.29 is 9.66 Å². The van der Waals surface area contributed by atoms with E-state index in [-0.39, 0.29) is 23.0 Å². The number of anilines is 2. The summed E-state index contributed by atoms with van der Waals surface area (Å²) in [6.07, 6.45) is 0. The molecule has 0 bridgehead atoms. The zero-order chi connectivity index (χ0) is 13.7. The molecule has 3 N–H and O–H groups in total. The van der Waals surface area contributed by atoms with Crippen LogP contribution in [0.4, 0.5) is 17.1 Å². The topological polar surface area (TPSA) is 93.7 Å². The molecule has 0 spiro atoms. The number of nitrogens with one attached hydrogen (secondary N) is 1. The van der Waals surface area contributed by atoms with Gasteiger partial charge in [-0.2, -0.15) is 0 Å². The molecule has 2 rings (SSSR count). The Morgan fingerprint density at radius 3 is 2.70 bits per heavy atom. The molecule has 0 aromatic heterocycles. The maximum atomic E-state index is 11.0. The van der Waals surface area contributed by atoms with Gasteiger partial charge in [-0.15, -0.1) is 12.4 Å². The molecule has 1 aliphatic heterocycles. The fraction of sp³-hybridized carbons (Fsp3) is 0.500. The van der Waals surface area contributed by atoms with Gasteiger partial charge < -0.3 is 20.7 Å². The summed E-state index contributed by atoms with van der Waals surface area (Å²) >= 11 is 0. The van der Waals surface area contributed by atoms with Crippen LogP contribution in [0.1, 0.15) is 0 Å². The predicted molar refractivity (Wildman–Crippen MR) is 80.9 cm³/mol. The van der Waals surface area contributed by atoms with Crippen molar-refractivity contribution >= 4 is 29.5 Å². The molecule has 112 valence electrons. The van der Waals surface area contributed by atoms with Crippen molar-refractivity contribution in [1.82, 2.24) is 0 Å². The zero-order valence-corrected chi connectivity index (χ0v) is 11.9. The van der Waals surface area contributed by atoms with Gasteiger partial charge in [0, 0.05) is 37.9 Å². The minimum absolute atomic E-state index is 0. The monoisotopic (exact) mass is 302 g/mol. The number of rotatable bonds is 5. The van der Waals surface area contributed by atoms with Gasteiger partial charge in [-0.25, -0.2) is 0 Å². The summed E-state index contributed by atoms with van der Waals surface area (Å²) in [5, 5.41) is 14.0. The van der Waals surface area contributed by atoms with Crippen LogP contribution in [0, 0.1) is 10.1 Å². The Labute approximate surface area is 123 Å². The van der Waals surface area contributed by atoms with E-state index in [4.69, 9.17) is 10.5 Å². The van der Waals surface area contributed by atoms with Crippen molar-refractivity contribution in [3.63, 3.8) is 0 Å². The predicted octanol–water partition coefficient (Wildman–Crippen LogP) is 1.22. The van der Waals surface area contributed by atoms with Gasteiger partial charge in [0.05, 0.1) is 18.1 Å². The second-order valence-corrected chi connectivity index (χ2v) is 4.27. The third kappa shape index (κ3) is 3.96. The third-order valence-corrected chi connectivity index (χ3v) is 3.01. The van der Waals surface area contributed by atoms with Crippen LogP contribution in [-0.4, -0.2) is 44.3 Å². The molecule has 1 aromatic rings. The van der Waals surface area contributed by atoms with Crippen LogP contribution < -0.4 is 16.0 Å². The highest BCUT2D eigenvalue weighted by Crippen LogP contribution is 2.29. The first kappa shape index (κ1) is 16.5. The standard InChI is InChI=1S/C12H18N4O3.ClH/c13-3-4-14-11-9-10(1-2-12(11)16(17)18)15-5-7-19-8-6-15;/h1-2,9,14H,3-8,13H2;1H. The Hall–Kier alpha value is -1.57. The normalized spacial score (nSPS) is 14.6. The SMILES string of the molecule is Cl.NCCNc1cc(N2CCOCC2)ccc1[N+](=O)[O-]. The Bertz CT molecular complexity index is 452. The molecule has 1 aromatic carbocycles. The van der Waals surface area contributed by atoms with Gasteiger partial charge in [0.25, 0.3) is 5.69 Å². The number of halogens is 1. The lowest BCUT2D eigenvalue weighted by atomic mass is 10.2. The van der Waals surface area contributed by atoms with Crippen LogP contribution in [0.5, 0.6) is 0 Å². The van der Waals surface area contributed by atoms with Gasteiger partial charge in [0.2, 0.25) is 0 Å². The fourth-order valence-electron chi connectivity index (χ4n) is 2.05. The average Bonchev–Trinajstić information content (AvgIpc) is 2.45. The largest absolute Gasteiger partial charge is 0.378 e. The molecule has 1 aliphatic rings. The highest BCUT2D eigenvalue weighted by molar-refractivity contribution is 5.85. The van der Waals surface area contributed by atoms with Gasteiger partial charge in [0.15, 0.2) is 0 Å². The zero-order valence-electron chi connectivity index (χ0n) is 11.1. The van der Waals surface area contributed by atoms with E-state index in [2.05, 4.69) is 10.2 Å². The van der Waals surface area contributed by atoms with E-state index in [0.29, 0.717) is 32.0 Å². The molecule has 20 heavy (non-hydrogen) atoms. The van der Waals surface area contributed by atoms with Crippen molar-refractivity contribution in [3.8, 4) is 0 Å². The van der Waals surface area contributed by atoms with Crippen LogP contribution in [0.15, 0.2) is 18.2 Å². The van der Waals surface area contributed by atoms with E-state index < -0.39 is 0 Å². The molecule has 0 atom stereocenters. The van der Waals surface area contributed by atoms with Crippen molar-refractivity contribution in [3.05, 3.63) is 28.3 Å². The Morgan fingerprint density at radius 2 is 2.10 bits per heavy atom. The van der Waals surface area contributed by atoms with Crippen LogP contribution in [-0.2, 0) is 4.74 Å². The molecule has 0 radical (unpaired) electrons. The van der Waals surface area contributed by atoms with E-state index in [1.807, 2.05) is 0 Å². The van der Waals surface area contributed by atoms with E-state index in [9.17, 15) is 10.1 Å². The summed E-state index contributed by atoms with van der Waals surface area (Å²) < 4.78 is 5.30. The number of morpholine rings is 1. The Balaban J connectivity index is 0.00000200. The number of nitrogens with zero attached hydrogens (tertiary/aromatic N) is 2. The second-order valence-electron chi connectivity index (χ2n) is 4.27. The summed E-state index contributed by atoms with van der Waals surface area (Å²) in [5.41, 5.74) is 6.98. The Kier molecular flexibility index (Phi) is 6.50. The van der Waals surface area contributed by atoms with Gasteiger partial charge in [0.1, 0.15) is 5.69 Å². The van der Waals surface area contributed by atoms with E-state index >= 15 is 0 Å². The molecule has 0 amide bonds. The molecule has 1 saturated heterocycles. The number of hydrogen-bond acceptors (Lipinski definition) is 6. The minimum atomic E-state index is -0.387. The summed E-state index contributed by atoms with van der Waals surface area (Å²) in [7, 11) is 0. The third-order valence-electron chi connectivity index (χ3n) is 3.01. The average molecular weight is 303 g/mol. The number of nitrogens with two attached hydrogens (primary N) is 1. The van der Waals surface area contributed by atoms with Crippen molar-refractivity contribution in [2.24, 2.45) is 5.73 Å². The summed E-state index contributed by atoms with van der Waals surface area (Å²) in [4.78, 5) is 12.7. The first-order chi connectivity index (χ1) is 9.22. The number of nitro groups is 1. The molecule has 0 saturated carbocycles. The number of ether oxygens (including phenoxy) is 1. The molecule has 1 fully saturated rings. The fourth-order valence-corrected chi connectivity index (χ4v) is 2.05. The number of hydrogen-bond donors (Lipinski definition) is 2. The van der Waals surface area contributed by atoms with Crippen molar-refractivity contribution in [2.45, 2.75) is 0 Å². The highest BCUT2D eigenvalue weighted by Gasteiger charge is 2.17. The number of benzene rings is 1. The lowest BCUT2D eigenvalue weighted by molar-refractivity contribution is -0.383. The summed E-state index contributed by atoms with van der Waals surface area (Å²) in [6.45, 7) is 3.90. The van der Waals surface area contributed by atoms with Gasteiger partial charge in [-0.3, -0.25) is 10.1 Å². The quantitative estimate of drug-likeness (QED) is 0.627. The van der Waals surface area contributed by atoms with E-state index in [1.54, 1.807) is 12.1 Å². The summed E-state index contributed by atoms with van der Waals surface area (Å²) in [6, 6.07) is 5.11. The van der Waals surface area contributed by atoms with Crippen molar-refractivity contribution in [2.75, 3.05) is 49.6 Å². The minimum Gasteiger partial charge on any atom is -0.378 e. The molecule has 0 unspecified atom stereocenters. The van der Waals surface area contributed by atoms with E-state index in [1.165, 1.54) is 6.07 Å². The molecule has 7 nitrogen and oxygen atoms in total. The molecular formula is C12H19ClN4O3. The van der Waals surface area contributed by atoms with Gasteiger partial charge in [-0.1, -0.05) is 0 Å². The second kappa shape index (κ2) is 7.88. The molecular weight excluding hydrogens is 284 g/mol. The first-order valence-corrected chi connectivity index (χ1v) is 6.27. The highest BCUT2D eigenvalue weighted by atomic mass is 35.5. The van der Waals surface area contributed by atoms with Gasteiger partial charge in [-0.05, 0) is 12.1 Å². The van der Waals surface area contributed by atoms with Crippen molar-refractivity contribution in [1.29, 1.82) is 0 Å². The van der Waals surface area contributed by atoms with Crippen LogP contribution >= 0.6 is 12.4 Å². The maximum absolute atomic E-state index is 11.0. The molecule has 1 heterocycles. The van der Waals surface area contributed by atoms with Crippen LogP contribution in [0.25, 0.3) is 0 Å². The maximum Gasteiger partial charge on any atom is 0.292 e. The van der Waals surface area contributed by atoms with Crippen LogP contribution in [0.2, 0.25) is 0 Å². The lowest BCUT2D eigenvalue weighted by Crippen LogP contribution is -2.36. The first-order valence-electron chi connectivity index (χ1n) is 6.27.